The maximum atomic E-state index is 12.0. The molecule has 0 radical (unpaired) electrons. The maximum absolute atomic E-state index is 12.0. The average molecular weight is 244 g/mol. The van der Waals surface area contributed by atoms with Gasteiger partial charge in [0, 0.05) is 0 Å². The number of nitrogens with zero attached hydrogens (tertiary/aromatic N) is 2. The smallest absolute Gasteiger partial charge is 0.341 e. The summed E-state index contributed by atoms with van der Waals surface area (Å²) in [5.41, 5.74) is 1.11. The molecule has 1 aromatic carbocycles. The summed E-state index contributed by atoms with van der Waals surface area (Å²) in [6, 6.07) is 8.45. The summed E-state index contributed by atoms with van der Waals surface area (Å²) >= 11 is 0. The third kappa shape index (κ3) is 2.15. The van der Waals surface area contributed by atoms with Gasteiger partial charge in [-0.05, 0) is 37.6 Å². The molecule has 2 aromatic rings. The Hall–Kier alpha value is -2.43. The van der Waals surface area contributed by atoms with Crippen molar-refractivity contribution in [3.05, 3.63) is 57.5 Å². The highest BCUT2D eigenvalue weighted by molar-refractivity contribution is 5.87. The molecule has 0 atom stereocenters. The fourth-order valence-electron chi connectivity index (χ4n) is 1.70. The van der Waals surface area contributed by atoms with Crippen LogP contribution in [0.2, 0.25) is 0 Å². The third-order valence-electron chi connectivity index (χ3n) is 2.51. The van der Waals surface area contributed by atoms with Gasteiger partial charge >= 0.3 is 5.97 Å². The molecule has 0 saturated heterocycles. The van der Waals surface area contributed by atoms with Crippen molar-refractivity contribution in [2.45, 2.75) is 13.8 Å². The second-order valence-electron chi connectivity index (χ2n) is 4.06. The second kappa shape index (κ2) is 4.44. The topological polar surface area (TPSA) is 72.2 Å². The molecule has 0 saturated carbocycles. The first-order chi connectivity index (χ1) is 8.49. The van der Waals surface area contributed by atoms with E-state index in [0.717, 1.165) is 10.2 Å². The van der Waals surface area contributed by atoms with Crippen molar-refractivity contribution < 1.29 is 9.90 Å². The van der Waals surface area contributed by atoms with Crippen molar-refractivity contribution in [1.82, 2.24) is 9.78 Å². The first kappa shape index (κ1) is 12.0. The average Bonchev–Trinajstić information content (AvgIpc) is 2.31. The maximum Gasteiger partial charge on any atom is 0.341 e. The largest absolute Gasteiger partial charge is 0.477 e. The van der Waals surface area contributed by atoms with Crippen molar-refractivity contribution >= 4 is 5.97 Å². The Morgan fingerprint density at radius 1 is 1.28 bits per heavy atom. The molecule has 0 aliphatic heterocycles. The van der Waals surface area contributed by atoms with Crippen LogP contribution in [0.5, 0.6) is 0 Å². The zero-order valence-corrected chi connectivity index (χ0v) is 10.0. The van der Waals surface area contributed by atoms with Gasteiger partial charge in [0.15, 0.2) is 0 Å². The van der Waals surface area contributed by atoms with E-state index >= 15 is 0 Å². The third-order valence-corrected chi connectivity index (χ3v) is 2.51. The molecule has 5 nitrogen and oxygen atoms in total. The molecule has 0 fully saturated rings. The number of aromatic nitrogens is 2. The fourth-order valence-corrected chi connectivity index (χ4v) is 1.70. The Labute approximate surface area is 103 Å². The lowest BCUT2D eigenvalue weighted by Crippen LogP contribution is -2.27. The normalized spacial score (nSPS) is 10.3. The standard InChI is InChI=1S/C13H12N2O3/c1-8-4-3-5-10(6-8)15-12(16)11(13(17)18)7-9(2)14-15/h3-7H,1-2H3,(H,17,18). The van der Waals surface area contributed by atoms with Crippen LogP contribution < -0.4 is 5.56 Å². The molecule has 0 amide bonds. The Bertz CT molecular complexity index is 674. The monoisotopic (exact) mass is 244 g/mol. The molecule has 92 valence electrons. The number of hydrogen-bond acceptors (Lipinski definition) is 3. The zero-order valence-electron chi connectivity index (χ0n) is 10.0. The number of carboxylic acid groups (broad SMARTS) is 1. The molecule has 1 aromatic heterocycles. The molecular weight excluding hydrogens is 232 g/mol. The van der Waals surface area contributed by atoms with Gasteiger partial charge in [-0.2, -0.15) is 9.78 Å². The molecule has 5 heteroatoms. The number of benzene rings is 1. The Morgan fingerprint density at radius 3 is 2.61 bits per heavy atom. The van der Waals surface area contributed by atoms with Crippen molar-refractivity contribution in [1.29, 1.82) is 0 Å². The first-order valence-corrected chi connectivity index (χ1v) is 5.40. The van der Waals surface area contributed by atoms with E-state index < -0.39 is 11.5 Å². The van der Waals surface area contributed by atoms with E-state index in [2.05, 4.69) is 5.10 Å². The molecule has 18 heavy (non-hydrogen) atoms. The summed E-state index contributed by atoms with van der Waals surface area (Å²) in [4.78, 5) is 23.0. The van der Waals surface area contributed by atoms with Crippen LogP contribution in [0.4, 0.5) is 0 Å². The van der Waals surface area contributed by atoms with Gasteiger partial charge in [0.2, 0.25) is 0 Å². The summed E-state index contributed by atoms with van der Waals surface area (Å²) in [7, 11) is 0. The van der Waals surface area contributed by atoms with E-state index in [1.165, 1.54) is 6.07 Å². The van der Waals surface area contributed by atoms with Crippen molar-refractivity contribution in [3.8, 4) is 5.69 Å². The minimum Gasteiger partial charge on any atom is -0.477 e. The van der Waals surface area contributed by atoms with Crippen LogP contribution in [0, 0.1) is 13.8 Å². The van der Waals surface area contributed by atoms with Gasteiger partial charge in [0.25, 0.3) is 5.56 Å². The number of aromatic carboxylic acids is 1. The molecular formula is C13H12N2O3. The van der Waals surface area contributed by atoms with Crippen molar-refractivity contribution in [2.75, 3.05) is 0 Å². The Balaban J connectivity index is 2.72. The predicted octanol–water partition coefficient (Wildman–Crippen LogP) is 1.55. The minimum absolute atomic E-state index is 0.274. The number of hydrogen-bond donors (Lipinski definition) is 1. The highest BCUT2D eigenvalue weighted by Gasteiger charge is 2.13. The van der Waals surface area contributed by atoms with E-state index in [1.54, 1.807) is 25.1 Å². The molecule has 1 N–H and O–H groups in total. The van der Waals surface area contributed by atoms with Crippen molar-refractivity contribution in [3.63, 3.8) is 0 Å². The highest BCUT2D eigenvalue weighted by atomic mass is 16.4. The van der Waals surface area contributed by atoms with Crippen LogP contribution in [0.1, 0.15) is 21.6 Å². The first-order valence-electron chi connectivity index (χ1n) is 5.40. The number of rotatable bonds is 2. The quantitative estimate of drug-likeness (QED) is 0.869. The van der Waals surface area contributed by atoms with Gasteiger partial charge in [0.05, 0.1) is 11.4 Å². The Kier molecular flexibility index (Phi) is 2.97. The molecule has 0 unspecified atom stereocenters. The minimum atomic E-state index is -1.24. The van der Waals surface area contributed by atoms with Gasteiger partial charge in [-0.3, -0.25) is 4.79 Å². The van der Waals surface area contributed by atoms with E-state index in [1.807, 2.05) is 13.0 Å². The fraction of sp³-hybridized carbons (Fsp3) is 0.154. The van der Waals surface area contributed by atoms with Gasteiger partial charge in [-0.1, -0.05) is 12.1 Å². The second-order valence-corrected chi connectivity index (χ2v) is 4.06. The van der Waals surface area contributed by atoms with E-state index in [9.17, 15) is 9.59 Å². The van der Waals surface area contributed by atoms with Gasteiger partial charge in [-0.15, -0.1) is 0 Å². The van der Waals surface area contributed by atoms with Crippen LogP contribution in [0.15, 0.2) is 35.1 Å². The molecule has 0 spiro atoms. The number of carboxylic acids is 1. The van der Waals surface area contributed by atoms with Crippen LogP contribution in [-0.2, 0) is 0 Å². The molecule has 0 bridgehead atoms. The lowest BCUT2D eigenvalue weighted by Gasteiger charge is -2.07. The van der Waals surface area contributed by atoms with Gasteiger partial charge in [0.1, 0.15) is 5.56 Å². The summed E-state index contributed by atoms with van der Waals surface area (Å²) in [6.07, 6.45) is 0. The van der Waals surface area contributed by atoms with Crippen LogP contribution >= 0.6 is 0 Å². The zero-order chi connectivity index (χ0) is 13.3. The highest BCUT2D eigenvalue weighted by Crippen LogP contribution is 2.07. The lowest BCUT2D eigenvalue weighted by molar-refractivity contribution is 0.0694. The summed E-state index contributed by atoms with van der Waals surface area (Å²) in [6.45, 7) is 3.54. The van der Waals surface area contributed by atoms with Crippen LogP contribution in [0.25, 0.3) is 5.69 Å². The molecule has 0 aliphatic rings. The number of aryl methyl sites for hydroxylation is 2. The molecule has 0 aliphatic carbocycles. The van der Waals surface area contributed by atoms with E-state index in [0.29, 0.717) is 11.4 Å². The van der Waals surface area contributed by atoms with E-state index in [-0.39, 0.29) is 5.56 Å². The van der Waals surface area contributed by atoms with Crippen LogP contribution in [-0.4, -0.2) is 20.9 Å². The summed E-state index contributed by atoms with van der Waals surface area (Å²) in [5.74, 6) is -1.24. The SMILES string of the molecule is Cc1cccc(-n2nc(C)cc(C(=O)O)c2=O)c1. The van der Waals surface area contributed by atoms with E-state index in [4.69, 9.17) is 5.11 Å². The summed E-state index contributed by atoms with van der Waals surface area (Å²) < 4.78 is 1.12. The van der Waals surface area contributed by atoms with Crippen molar-refractivity contribution in [2.24, 2.45) is 0 Å². The lowest BCUT2D eigenvalue weighted by atomic mass is 10.2. The number of carbonyl (C=O) groups is 1. The predicted molar refractivity (Wildman–Crippen MR) is 66.3 cm³/mol. The summed E-state index contributed by atoms with van der Waals surface area (Å²) in [5, 5.41) is 13.0. The van der Waals surface area contributed by atoms with Crippen LogP contribution in [0.3, 0.4) is 0 Å². The Morgan fingerprint density at radius 2 is 2.00 bits per heavy atom. The molecule has 1 heterocycles. The van der Waals surface area contributed by atoms with Gasteiger partial charge in [-0.25, -0.2) is 4.79 Å². The molecule has 2 rings (SSSR count). The van der Waals surface area contributed by atoms with Gasteiger partial charge < -0.3 is 5.11 Å².